The highest BCUT2D eigenvalue weighted by Gasteiger charge is 2.16. The first kappa shape index (κ1) is 11.2. The van der Waals surface area contributed by atoms with Crippen LogP contribution in [0.15, 0.2) is 36.4 Å². The first-order valence-corrected chi connectivity index (χ1v) is 5.91. The lowest BCUT2D eigenvalue weighted by atomic mass is 10.1. The molecule has 0 fully saturated rings. The molecular weight excluding hydrogens is 220 g/mol. The molecule has 2 rings (SSSR count). The molecule has 0 aliphatic rings. The molecule has 0 aliphatic carbocycles. The van der Waals surface area contributed by atoms with E-state index in [1.165, 1.54) is 4.88 Å². The molecule has 1 aromatic heterocycles. The van der Waals surface area contributed by atoms with Crippen LogP contribution in [0.4, 0.5) is 0 Å². The van der Waals surface area contributed by atoms with E-state index in [1.807, 2.05) is 43.3 Å². The monoisotopic (exact) mass is 234 g/mol. The Hall–Kier alpha value is -1.32. The van der Waals surface area contributed by atoms with Gasteiger partial charge >= 0.3 is 0 Å². The zero-order valence-electron chi connectivity index (χ0n) is 9.31. The standard InChI is InChI=1S/C13H14O2S/c1-9-7-8-12(16-9)13(14)10-5-3-4-6-11(10)15-2/h3-8,13-14H,1-2H3/t13-/m0/s1. The summed E-state index contributed by atoms with van der Waals surface area (Å²) in [6.45, 7) is 2.03. The van der Waals surface area contributed by atoms with E-state index in [1.54, 1.807) is 18.4 Å². The van der Waals surface area contributed by atoms with Gasteiger partial charge in [0.2, 0.25) is 0 Å². The van der Waals surface area contributed by atoms with Crippen molar-refractivity contribution in [3.05, 3.63) is 51.7 Å². The molecule has 1 atom stereocenters. The maximum atomic E-state index is 10.2. The number of benzene rings is 1. The number of ether oxygens (including phenoxy) is 1. The van der Waals surface area contributed by atoms with Crippen LogP contribution in [0.25, 0.3) is 0 Å². The molecule has 1 N–H and O–H groups in total. The van der Waals surface area contributed by atoms with Crippen molar-refractivity contribution in [1.29, 1.82) is 0 Å². The van der Waals surface area contributed by atoms with Gasteiger partial charge < -0.3 is 9.84 Å². The molecule has 0 bridgehead atoms. The Morgan fingerprint density at radius 3 is 2.56 bits per heavy atom. The normalized spacial score (nSPS) is 12.4. The lowest BCUT2D eigenvalue weighted by Gasteiger charge is -2.13. The molecule has 1 aromatic carbocycles. The third kappa shape index (κ3) is 2.10. The summed E-state index contributed by atoms with van der Waals surface area (Å²) < 4.78 is 5.24. The zero-order valence-corrected chi connectivity index (χ0v) is 10.1. The Labute approximate surface area is 99.1 Å². The van der Waals surface area contributed by atoms with Crippen LogP contribution in [0.2, 0.25) is 0 Å². The summed E-state index contributed by atoms with van der Waals surface area (Å²) in [7, 11) is 1.62. The molecule has 2 aromatic rings. The van der Waals surface area contributed by atoms with Crippen LogP contribution >= 0.6 is 11.3 Å². The minimum absolute atomic E-state index is 0.602. The second-order valence-corrected chi connectivity index (χ2v) is 4.91. The summed E-state index contributed by atoms with van der Waals surface area (Å²) in [4.78, 5) is 2.14. The highest BCUT2D eigenvalue weighted by atomic mass is 32.1. The zero-order chi connectivity index (χ0) is 11.5. The molecular formula is C13H14O2S. The van der Waals surface area contributed by atoms with Crippen LogP contribution in [0.5, 0.6) is 5.75 Å². The predicted molar refractivity (Wildman–Crippen MR) is 66.1 cm³/mol. The molecule has 0 saturated heterocycles. The number of aryl methyl sites for hydroxylation is 1. The van der Waals surface area contributed by atoms with Gasteiger partial charge in [0.15, 0.2) is 0 Å². The average molecular weight is 234 g/mol. The fourth-order valence-electron chi connectivity index (χ4n) is 1.65. The minimum Gasteiger partial charge on any atom is -0.496 e. The van der Waals surface area contributed by atoms with Crippen molar-refractivity contribution in [2.75, 3.05) is 7.11 Å². The Bertz CT molecular complexity index is 476. The quantitative estimate of drug-likeness (QED) is 0.884. The van der Waals surface area contributed by atoms with Crippen LogP contribution in [-0.2, 0) is 0 Å². The number of aliphatic hydroxyl groups excluding tert-OH is 1. The maximum Gasteiger partial charge on any atom is 0.125 e. The number of para-hydroxylation sites is 1. The van der Waals surface area contributed by atoms with Gasteiger partial charge in [-0.2, -0.15) is 0 Å². The molecule has 0 radical (unpaired) electrons. The number of rotatable bonds is 3. The van der Waals surface area contributed by atoms with E-state index in [0.717, 1.165) is 16.2 Å². The van der Waals surface area contributed by atoms with Crippen molar-refractivity contribution in [3.63, 3.8) is 0 Å². The van der Waals surface area contributed by atoms with Crippen LogP contribution < -0.4 is 4.74 Å². The summed E-state index contributed by atoms with van der Waals surface area (Å²) in [6, 6.07) is 11.5. The number of aliphatic hydroxyl groups is 1. The van der Waals surface area contributed by atoms with E-state index in [0.29, 0.717) is 0 Å². The molecule has 2 nitrogen and oxygen atoms in total. The fraction of sp³-hybridized carbons (Fsp3) is 0.231. The van der Waals surface area contributed by atoms with Crippen LogP contribution in [0, 0.1) is 6.92 Å². The molecule has 1 heterocycles. The van der Waals surface area contributed by atoms with Crippen molar-refractivity contribution in [1.82, 2.24) is 0 Å². The number of thiophene rings is 1. The highest BCUT2D eigenvalue weighted by molar-refractivity contribution is 7.12. The van der Waals surface area contributed by atoms with Crippen molar-refractivity contribution in [3.8, 4) is 5.75 Å². The third-order valence-corrected chi connectivity index (χ3v) is 3.52. The van der Waals surface area contributed by atoms with E-state index in [-0.39, 0.29) is 0 Å². The van der Waals surface area contributed by atoms with Gasteiger partial charge in [-0.15, -0.1) is 11.3 Å². The summed E-state index contributed by atoms with van der Waals surface area (Å²) >= 11 is 1.60. The van der Waals surface area contributed by atoms with Gasteiger partial charge in [0, 0.05) is 15.3 Å². The van der Waals surface area contributed by atoms with Gasteiger partial charge in [-0.1, -0.05) is 18.2 Å². The van der Waals surface area contributed by atoms with Crippen LogP contribution in [-0.4, -0.2) is 12.2 Å². The second-order valence-electron chi connectivity index (χ2n) is 3.59. The van der Waals surface area contributed by atoms with Gasteiger partial charge in [-0.3, -0.25) is 0 Å². The van der Waals surface area contributed by atoms with Crippen LogP contribution in [0.1, 0.15) is 21.4 Å². The Morgan fingerprint density at radius 1 is 1.19 bits per heavy atom. The van der Waals surface area contributed by atoms with E-state index in [2.05, 4.69) is 0 Å². The molecule has 0 amide bonds. The van der Waals surface area contributed by atoms with Gasteiger partial charge in [-0.25, -0.2) is 0 Å². The molecule has 0 spiro atoms. The first-order chi connectivity index (χ1) is 7.72. The SMILES string of the molecule is COc1ccccc1[C@H](O)c1ccc(C)s1. The summed E-state index contributed by atoms with van der Waals surface area (Å²) in [5, 5.41) is 10.2. The van der Waals surface area contributed by atoms with E-state index < -0.39 is 6.10 Å². The molecule has 84 valence electrons. The first-order valence-electron chi connectivity index (χ1n) is 5.09. The molecule has 3 heteroatoms. The summed E-state index contributed by atoms with van der Waals surface area (Å²) in [6.07, 6.45) is -0.602. The smallest absolute Gasteiger partial charge is 0.125 e. The summed E-state index contributed by atoms with van der Waals surface area (Å²) in [5.74, 6) is 0.723. The third-order valence-electron chi connectivity index (χ3n) is 2.46. The lowest BCUT2D eigenvalue weighted by Crippen LogP contribution is -2.00. The Kier molecular flexibility index (Phi) is 3.27. The highest BCUT2D eigenvalue weighted by Crippen LogP contribution is 2.32. The van der Waals surface area contributed by atoms with Crippen molar-refractivity contribution in [2.24, 2.45) is 0 Å². The molecule has 16 heavy (non-hydrogen) atoms. The van der Waals surface area contributed by atoms with E-state index >= 15 is 0 Å². The number of methoxy groups -OCH3 is 1. The molecule has 0 unspecified atom stereocenters. The van der Waals surface area contributed by atoms with E-state index in [9.17, 15) is 5.11 Å². The fourth-order valence-corrected chi connectivity index (χ4v) is 2.53. The topological polar surface area (TPSA) is 29.5 Å². The Balaban J connectivity index is 2.36. The lowest BCUT2D eigenvalue weighted by molar-refractivity contribution is 0.218. The van der Waals surface area contributed by atoms with Gasteiger partial charge in [0.1, 0.15) is 11.9 Å². The van der Waals surface area contributed by atoms with Crippen molar-refractivity contribution < 1.29 is 9.84 Å². The number of hydrogen-bond acceptors (Lipinski definition) is 3. The molecule has 0 aliphatic heterocycles. The molecule has 0 saturated carbocycles. The van der Waals surface area contributed by atoms with E-state index in [4.69, 9.17) is 4.74 Å². The predicted octanol–water partition coefficient (Wildman–Crippen LogP) is 3.15. The van der Waals surface area contributed by atoms with Gasteiger partial charge in [0.05, 0.1) is 7.11 Å². The second kappa shape index (κ2) is 4.68. The number of hydrogen-bond donors (Lipinski definition) is 1. The minimum atomic E-state index is -0.602. The summed E-state index contributed by atoms with van der Waals surface area (Å²) in [5.41, 5.74) is 0.812. The largest absolute Gasteiger partial charge is 0.496 e. The maximum absolute atomic E-state index is 10.2. The Morgan fingerprint density at radius 2 is 1.94 bits per heavy atom. The van der Waals surface area contributed by atoms with Crippen LogP contribution in [0.3, 0.4) is 0 Å². The average Bonchev–Trinajstić information content (AvgIpc) is 2.75. The van der Waals surface area contributed by atoms with Gasteiger partial charge in [0.25, 0.3) is 0 Å². The van der Waals surface area contributed by atoms with Crippen molar-refractivity contribution >= 4 is 11.3 Å². The van der Waals surface area contributed by atoms with Crippen molar-refractivity contribution in [2.45, 2.75) is 13.0 Å². The van der Waals surface area contributed by atoms with Gasteiger partial charge in [-0.05, 0) is 25.1 Å².